The fourth-order valence-corrected chi connectivity index (χ4v) is 5.03. The lowest BCUT2D eigenvalue weighted by atomic mass is 10.0. The zero-order valence-corrected chi connectivity index (χ0v) is 25.6. The second kappa shape index (κ2) is 13.4. The van der Waals surface area contributed by atoms with Crippen molar-refractivity contribution in [2.75, 3.05) is 31.9 Å². The Balaban J connectivity index is 1.95. The van der Waals surface area contributed by atoms with E-state index in [0.29, 0.717) is 36.4 Å². The highest BCUT2D eigenvalue weighted by atomic mass is 32.1. The van der Waals surface area contributed by atoms with E-state index in [2.05, 4.69) is 54.0 Å². The molecule has 0 spiro atoms. The van der Waals surface area contributed by atoms with Crippen LogP contribution < -0.4 is 10.2 Å². The molecule has 0 fully saturated rings. The average Bonchev–Trinajstić information content (AvgIpc) is 3.35. The summed E-state index contributed by atoms with van der Waals surface area (Å²) in [6.45, 7) is 16.4. The molecule has 38 heavy (non-hydrogen) atoms. The van der Waals surface area contributed by atoms with Gasteiger partial charge in [-0.2, -0.15) is 0 Å². The van der Waals surface area contributed by atoms with E-state index in [4.69, 9.17) is 19.9 Å². The van der Waals surface area contributed by atoms with Crippen molar-refractivity contribution in [1.29, 1.82) is 5.41 Å². The van der Waals surface area contributed by atoms with Gasteiger partial charge in [-0.25, -0.2) is 4.98 Å². The Bertz CT molecular complexity index is 1250. The number of aromatic nitrogens is 4. The lowest BCUT2D eigenvalue weighted by molar-refractivity contribution is 0.111. The SMILES string of the molecule is CN/C=C(\C(=N)COC(C)C)c1cnc2ccc(N(COCC[Si](C)(C)C)c3nnc(C(C)C)s3)nc2c1. The monoisotopic (exact) mass is 555 g/mol. The van der Waals surface area contributed by atoms with Crippen LogP contribution in [-0.2, 0) is 9.47 Å². The van der Waals surface area contributed by atoms with Crippen molar-refractivity contribution in [3.05, 3.63) is 41.2 Å². The first-order valence-electron chi connectivity index (χ1n) is 13.0. The van der Waals surface area contributed by atoms with Crippen molar-refractivity contribution in [3.63, 3.8) is 0 Å². The van der Waals surface area contributed by atoms with Crippen LogP contribution in [0.3, 0.4) is 0 Å². The van der Waals surface area contributed by atoms with E-state index in [9.17, 15) is 0 Å². The zero-order valence-electron chi connectivity index (χ0n) is 23.8. The van der Waals surface area contributed by atoms with Crippen LogP contribution in [-0.4, -0.2) is 67.0 Å². The van der Waals surface area contributed by atoms with Gasteiger partial charge >= 0.3 is 0 Å². The van der Waals surface area contributed by atoms with Crippen LogP contribution in [0.2, 0.25) is 25.7 Å². The van der Waals surface area contributed by atoms with E-state index in [1.165, 1.54) is 0 Å². The van der Waals surface area contributed by atoms with Crippen LogP contribution in [0.4, 0.5) is 10.9 Å². The first kappa shape index (κ1) is 29.8. The van der Waals surface area contributed by atoms with Crippen molar-refractivity contribution in [1.82, 2.24) is 25.5 Å². The van der Waals surface area contributed by atoms with Crippen molar-refractivity contribution >= 4 is 52.7 Å². The molecule has 0 aromatic carbocycles. The lowest BCUT2D eigenvalue weighted by Crippen LogP contribution is -2.26. The highest BCUT2D eigenvalue weighted by Crippen LogP contribution is 2.31. The molecule has 0 saturated carbocycles. The molecule has 3 aromatic rings. The van der Waals surface area contributed by atoms with Gasteiger partial charge in [-0.1, -0.05) is 44.8 Å². The number of pyridine rings is 2. The number of nitrogens with zero attached hydrogens (tertiary/aromatic N) is 5. The van der Waals surface area contributed by atoms with Gasteiger partial charge in [-0.3, -0.25) is 9.88 Å². The Morgan fingerprint density at radius 3 is 2.55 bits per heavy atom. The van der Waals surface area contributed by atoms with Gasteiger partial charge in [0, 0.05) is 51.2 Å². The van der Waals surface area contributed by atoms with Crippen molar-refractivity contribution in [3.8, 4) is 0 Å². The smallest absolute Gasteiger partial charge is 0.215 e. The molecule has 3 aromatic heterocycles. The van der Waals surface area contributed by atoms with Crippen LogP contribution >= 0.6 is 11.3 Å². The second-order valence-corrected chi connectivity index (χ2v) is 17.6. The third-order valence-corrected chi connectivity index (χ3v) is 8.61. The molecule has 0 radical (unpaired) electrons. The lowest BCUT2D eigenvalue weighted by Gasteiger charge is -2.22. The molecule has 0 saturated heterocycles. The molecule has 0 aliphatic heterocycles. The Kier molecular flexibility index (Phi) is 10.5. The summed E-state index contributed by atoms with van der Waals surface area (Å²) in [6.07, 6.45) is 3.61. The molecular weight excluding hydrogens is 514 g/mol. The topological polar surface area (TPSA) is 109 Å². The van der Waals surface area contributed by atoms with Gasteiger partial charge in [-0.15, -0.1) is 10.2 Å². The number of anilines is 2. The van der Waals surface area contributed by atoms with Gasteiger partial charge in [-0.05, 0) is 38.1 Å². The number of hydrogen-bond donors (Lipinski definition) is 2. The summed E-state index contributed by atoms with van der Waals surface area (Å²) < 4.78 is 11.8. The third-order valence-electron chi connectivity index (χ3n) is 5.66. The molecule has 0 unspecified atom stereocenters. The summed E-state index contributed by atoms with van der Waals surface area (Å²) >= 11 is 1.56. The second-order valence-electron chi connectivity index (χ2n) is 11.0. The Morgan fingerprint density at radius 2 is 1.92 bits per heavy atom. The Labute approximate surface area is 231 Å². The molecule has 0 bridgehead atoms. The minimum Gasteiger partial charge on any atom is -0.393 e. The first-order chi connectivity index (χ1) is 18.0. The molecule has 3 rings (SSSR count). The molecule has 9 nitrogen and oxygen atoms in total. The largest absolute Gasteiger partial charge is 0.393 e. The van der Waals surface area contributed by atoms with Gasteiger partial charge in [0.05, 0.1) is 29.5 Å². The summed E-state index contributed by atoms with van der Waals surface area (Å²) in [5.41, 5.74) is 3.38. The van der Waals surface area contributed by atoms with Gasteiger partial charge in [0.2, 0.25) is 5.13 Å². The number of fused-ring (bicyclic) bond motifs is 1. The maximum Gasteiger partial charge on any atom is 0.215 e. The minimum atomic E-state index is -1.21. The fourth-order valence-electron chi connectivity index (χ4n) is 3.43. The number of nitrogens with one attached hydrogen (secondary N) is 2. The number of hydrogen-bond acceptors (Lipinski definition) is 10. The summed E-state index contributed by atoms with van der Waals surface area (Å²) in [6, 6.07) is 6.94. The Morgan fingerprint density at radius 1 is 1.16 bits per heavy atom. The highest BCUT2D eigenvalue weighted by Gasteiger charge is 2.20. The van der Waals surface area contributed by atoms with Crippen molar-refractivity contribution < 1.29 is 9.47 Å². The fraction of sp³-hybridized carbons (Fsp3) is 0.519. The van der Waals surface area contributed by atoms with E-state index >= 15 is 0 Å². The van der Waals surface area contributed by atoms with Gasteiger partial charge in [0.25, 0.3) is 0 Å². The summed E-state index contributed by atoms with van der Waals surface area (Å²) in [5.74, 6) is 1.01. The van der Waals surface area contributed by atoms with Crippen LogP contribution in [0.5, 0.6) is 0 Å². The molecule has 11 heteroatoms. The van der Waals surface area contributed by atoms with Crippen molar-refractivity contribution in [2.24, 2.45) is 0 Å². The third kappa shape index (κ3) is 8.39. The molecular formula is C27H41N7O2SSi. The van der Waals surface area contributed by atoms with E-state index in [1.807, 2.05) is 44.0 Å². The zero-order chi connectivity index (χ0) is 27.9. The first-order valence-corrected chi connectivity index (χ1v) is 17.5. The standard InChI is InChI=1S/C27H41N7O2SSi/c1-18(2)26-32-33-27(37-26)34(17-35-11-12-38(6,7)8)25-10-9-23-24(31-25)13-20(14-30-23)21(15-29-5)22(28)16-36-19(3)4/h9-10,13-15,18-19,28-29H,11-12,16-17H2,1-8H3/b21-15-,28-22?. The predicted molar refractivity (Wildman–Crippen MR) is 160 cm³/mol. The minimum absolute atomic E-state index is 0.0423. The summed E-state index contributed by atoms with van der Waals surface area (Å²) in [5, 5.41) is 22.2. The molecule has 0 atom stereocenters. The van der Waals surface area contributed by atoms with Crippen LogP contribution in [0, 0.1) is 5.41 Å². The molecule has 3 heterocycles. The number of ether oxygens (including phenoxy) is 2. The maximum absolute atomic E-state index is 8.57. The van der Waals surface area contributed by atoms with Gasteiger partial charge in [0.1, 0.15) is 17.6 Å². The van der Waals surface area contributed by atoms with E-state index < -0.39 is 8.07 Å². The average molecular weight is 556 g/mol. The van der Waals surface area contributed by atoms with E-state index in [1.54, 1.807) is 23.7 Å². The normalized spacial score (nSPS) is 12.5. The highest BCUT2D eigenvalue weighted by molar-refractivity contribution is 7.15. The van der Waals surface area contributed by atoms with E-state index in [0.717, 1.165) is 32.8 Å². The summed E-state index contributed by atoms with van der Waals surface area (Å²) in [7, 11) is 0.604. The number of rotatable bonds is 14. The Hall–Kier alpha value is -2.73. The van der Waals surface area contributed by atoms with Crippen molar-refractivity contribution in [2.45, 2.75) is 65.4 Å². The molecule has 2 N–H and O–H groups in total. The predicted octanol–water partition coefficient (Wildman–Crippen LogP) is 6.06. The van der Waals surface area contributed by atoms with Gasteiger partial charge in [0.15, 0.2) is 0 Å². The molecule has 206 valence electrons. The van der Waals surface area contributed by atoms with Crippen LogP contribution in [0.25, 0.3) is 16.6 Å². The van der Waals surface area contributed by atoms with Crippen LogP contribution in [0.1, 0.15) is 44.2 Å². The molecule has 0 aliphatic rings. The maximum atomic E-state index is 8.57. The van der Waals surface area contributed by atoms with E-state index in [-0.39, 0.29) is 12.7 Å². The van der Waals surface area contributed by atoms with Crippen LogP contribution in [0.15, 0.2) is 30.6 Å². The quantitative estimate of drug-likeness (QED) is 0.107. The van der Waals surface area contributed by atoms with Gasteiger partial charge < -0.3 is 20.2 Å². The molecule has 0 amide bonds. The summed E-state index contributed by atoms with van der Waals surface area (Å²) in [4.78, 5) is 11.6. The molecule has 0 aliphatic carbocycles.